The molecule has 4 heteroatoms. The smallest absolute Gasteiger partial charge is 0.239 e. The summed E-state index contributed by atoms with van der Waals surface area (Å²) in [5.41, 5.74) is 2.32. The van der Waals surface area contributed by atoms with Gasteiger partial charge in [-0.3, -0.25) is 14.6 Å². The number of piperazine rings is 1. The van der Waals surface area contributed by atoms with Crippen molar-refractivity contribution in [1.82, 2.24) is 15.1 Å². The molecule has 0 saturated carbocycles. The van der Waals surface area contributed by atoms with Gasteiger partial charge in [0.2, 0.25) is 5.91 Å². The van der Waals surface area contributed by atoms with Crippen LogP contribution in [-0.4, -0.2) is 46.9 Å². The van der Waals surface area contributed by atoms with Crippen LogP contribution in [0.3, 0.4) is 0 Å². The van der Waals surface area contributed by atoms with E-state index in [9.17, 15) is 4.79 Å². The molecule has 4 nitrogen and oxygen atoms in total. The maximum absolute atomic E-state index is 13.0. The molecular formula is C23H31N3O. The van der Waals surface area contributed by atoms with Crippen LogP contribution < -0.4 is 5.32 Å². The molecule has 144 valence electrons. The first-order chi connectivity index (χ1) is 12.9. The van der Waals surface area contributed by atoms with Gasteiger partial charge >= 0.3 is 0 Å². The highest BCUT2D eigenvalue weighted by Gasteiger charge is 2.33. The summed E-state index contributed by atoms with van der Waals surface area (Å²) in [6.45, 7) is 10.4. The molecule has 1 saturated heterocycles. The molecule has 3 rings (SSSR count). The Balaban J connectivity index is 1.72. The second-order valence-corrected chi connectivity index (χ2v) is 8.43. The van der Waals surface area contributed by atoms with E-state index in [1.807, 2.05) is 32.9 Å². The molecule has 0 bridgehead atoms. The van der Waals surface area contributed by atoms with Gasteiger partial charge in [0.25, 0.3) is 0 Å². The second-order valence-electron chi connectivity index (χ2n) is 8.43. The van der Waals surface area contributed by atoms with Gasteiger partial charge in [-0.05, 0) is 31.9 Å². The largest absolute Gasteiger partial charge is 0.350 e. The van der Waals surface area contributed by atoms with E-state index >= 15 is 0 Å². The minimum Gasteiger partial charge on any atom is -0.350 e. The van der Waals surface area contributed by atoms with Crippen LogP contribution in [0.4, 0.5) is 0 Å². The van der Waals surface area contributed by atoms with E-state index in [0.717, 1.165) is 32.7 Å². The van der Waals surface area contributed by atoms with Crippen molar-refractivity contribution in [3.05, 3.63) is 71.8 Å². The number of hydrogen-bond donors (Lipinski definition) is 1. The first kappa shape index (κ1) is 19.6. The van der Waals surface area contributed by atoms with Crippen molar-refractivity contribution in [3.63, 3.8) is 0 Å². The van der Waals surface area contributed by atoms with Crippen LogP contribution in [0.1, 0.15) is 31.9 Å². The minimum atomic E-state index is -0.225. The van der Waals surface area contributed by atoms with Crippen LogP contribution in [-0.2, 0) is 17.9 Å². The molecule has 27 heavy (non-hydrogen) atoms. The molecule has 1 N–H and O–H groups in total. The standard InChI is InChI=1S/C23H31N3O/c1-23(2,3)24-22(27)21-18-25(16-19-10-6-4-7-11-19)14-15-26(21)17-20-12-8-5-9-13-20/h4-13,21H,14-18H2,1-3H3,(H,24,27). The summed E-state index contributed by atoms with van der Waals surface area (Å²) < 4.78 is 0. The first-order valence-electron chi connectivity index (χ1n) is 9.77. The highest BCUT2D eigenvalue weighted by Crippen LogP contribution is 2.17. The summed E-state index contributed by atoms with van der Waals surface area (Å²) in [7, 11) is 0. The molecule has 1 aliphatic rings. The SMILES string of the molecule is CC(C)(C)NC(=O)C1CN(Cc2ccccc2)CCN1Cc1ccccc1. The molecule has 0 spiro atoms. The number of nitrogens with zero attached hydrogens (tertiary/aromatic N) is 2. The molecular weight excluding hydrogens is 334 g/mol. The predicted molar refractivity (Wildman–Crippen MR) is 110 cm³/mol. The molecule has 0 aliphatic carbocycles. The van der Waals surface area contributed by atoms with Gasteiger partial charge in [0, 0.05) is 38.3 Å². The van der Waals surface area contributed by atoms with Crippen LogP contribution in [0.2, 0.25) is 0 Å². The zero-order valence-electron chi connectivity index (χ0n) is 16.7. The Morgan fingerprint density at radius 3 is 2.04 bits per heavy atom. The maximum Gasteiger partial charge on any atom is 0.239 e. The Morgan fingerprint density at radius 2 is 1.48 bits per heavy atom. The molecule has 0 aromatic heterocycles. The van der Waals surface area contributed by atoms with Crippen LogP contribution >= 0.6 is 0 Å². The quantitative estimate of drug-likeness (QED) is 0.883. The van der Waals surface area contributed by atoms with E-state index < -0.39 is 0 Å². The molecule has 1 heterocycles. The van der Waals surface area contributed by atoms with Gasteiger partial charge in [-0.1, -0.05) is 60.7 Å². The highest BCUT2D eigenvalue weighted by atomic mass is 16.2. The molecule has 1 aliphatic heterocycles. The summed E-state index contributed by atoms with van der Waals surface area (Å²) in [6.07, 6.45) is 0. The lowest BCUT2D eigenvalue weighted by atomic mass is 10.0. The van der Waals surface area contributed by atoms with E-state index in [2.05, 4.69) is 63.6 Å². The average Bonchev–Trinajstić information content (AvgIpc) is 2.63. The highest BCUT2D eigenvalue weighted by molar-refractivity contribution is 5.82. The van der Waals surface area contributed by atoms with E-state index in [4.69, 9.17) is 0 Å². The van der Waals surface area contributed by atoms with Gasteiger partial charge in [0.05, 0.1) is 0 Å². The third kappa shape index (κ3) is 5.91. The second kappa shape index (κ2) is 8.68. The normalized spacial score (nSPS) is 19.0. The van der Waals surface area contributed by atoms with Crippen molar-refractivity contribution >= 4 is 5.91 Å². The minimum absolute atomic E-state index is 0.121. The molecule has 1 amide bonds. The molecule has 1 atom stereocenters. The lowest BCUT2D eigenvalue weighted by molar-refractivity contribution is -0.130. The van der Waals surface area contributed by atoms with Crippen molar-refractivity contribution in [1.29, 1.82) is 0 Å². The number of amides is 1. The molecule has 1 fully saturated rings. The van der Waals surface area contributed by atoms with Gasteiger partial charge in [-0.2, -0.15) is 0 Å². The Hall–Kier alpha value is -2.17. The lowest BCUT2D eigenvalue weighted by Crippen LogP contribution is -2.60. The van der Waals surface area contributed by atoms with E-state index in [0.29, 0.717) is 0 Å². The number of nitrogens with one attached hydrogen (secondary N) is 1. The molecule has 2 aromatic carbocycles. The molecule has 0 radical (unpaired) electrons. The topological polar surface area (TPSA) is 35.6 Å². The Morgan fingerprint density at radius 1 is 0.926 bits per heavy atom. The summed E-state index contributed by atoms with van der Waals surface area (Å²) in [4.78, 5) is 17.7. The summed E-state index contributed by atoms with van der Waals surface area (Å²) >= 11 is 0. The first-order valence-corrected chi connectivity index (χ1v) is 9.77. The van der Waals surface area contributed by atoms with Crippen LogP contribution in [0.15, 0.2) is 60.7 Å². The van der Waals surface area contributed by atoms with E-state index in [1.165, 1.54) is 11.1 Å². The summed E-state index contributed by atoms with van der Waals surface area (Å²) in [5, 5.41) is 3.18. The number of hydrogen-bond acceptors (Lipinski definition) is 3. The van der Waals surface area contributed by atoms with Crippen molar-refractivity contribution < 1.29 is 4.79 Å². The summed E-state index contributed by atoms with van der Waals surface area (Å²) in [6, 6.07) is 20.8. The number of carbonyl (C=O) groups excluding carboxylic acids is 1. The molecule has 1 unspecified atom stereocenters. The monoisotopic (exact) mass is 365 g/mol. The Kier molecular flexibility index (Phi) is 6.30. The Labute approximate surface area is 163 Å². The lowest BCUT2D eigenvalue weighted by Gasteiger charge is -2.41. The average molecular weight is 366 g/mol. The van der Waals surface area contributed by atoms with Gasteiger partial charge in [0.1, 0.15) is 6.04 Å². The van der Waals surface area contributed by atoms with Crippen molar-refractivity contribution in [2.75, 3.05) is 19.6 Å². The van der Waals surface area contributed by atoms with E-state index in [-0.39, 0.29) is 17.5 Å². The predicted octanol–water partition coefficient (Wildman–Crippen LogP) is 3.29. The number of carbonyl (C=O) groups is 1. The Bertz CT molecular complexity index is 724. The zero-order chi connectivity index (χ0) is 19.3. The van der Waals surface area contributed by atoms with E-state index in [1.54, 1.807) is 0 Å². The number of benzene rings is 2. The number of rotatable bonds is 5. The van der Waals surface area contributed by atoms with Crippen LogP contribution in [0, 0.1) is 0 Å². The summed E-state index contributed by atoms with van der Waals surface area (Å²) in [5.74, 6) is 0.121. The van der Waals surface area contributed by atoms with Gasteiger partial charge in [-0.15, -0.1) is 0 Å². The third-order valence-electron chi connectivity index (χ3n) is 4.85. The van der Waals surface area contributed by atoms with Crippen molar-refractivity contribution in [2.45, 2.75) is 45.4 Å². The van der Waals surface area contributed by atoms with Gasteiger partial charge < -0.3 is 5.32 Å². The van der Waals surface area contributed by atoms with Gasteiger partial charge in [0.15, 0.2) is 0 Å². The zero-order valence-corrected chi connectivity index (χ0v) is 16.7. The van der Waals surface area contributed by atoms with Crippen molar-refractivity contribution in [2.24, 2.45) is 0 Å². The fourth-order valence-electron chi connectivity index (χ4n) is 3.57. The van der Waals surface area contributed by atoms with Crippen molar-refractivity contribution in [3.8, 4) is 0 Å². The van der Waals surface area contributed by atoms with Crippen LogP contribution in [0.25, 0.3) is 0 Å². The fourth-order valence-corrected chi connectivity index (χ4v) is 3.57. The molecule has 2 aromatic rings. The van der Waals surface area contributed by atoms with Gasteiger partial charge in [-0.25, -0.2) is 0 Å². The maximum atomic E-state index is 13.0. The fraction of sp³-hybridized carbons (Fsp3) is 0.435. The van der Waals surface area contributed by atoms with Crippen LogP contribution in [0.5, 0.6) is 0 Å². The third-order valence-corrected chi connectivity index (χ3v) is 4.85.